The van der Waals surface area contributed by atoms with E-state index in [-0.39, 0.29) is 0 Å². The zero-order chi connectivity index (χ0) is 9.68. The first-order valence-electron chi connectivity index (χ1n) is 4.70. The first-order chi connectivity index (χ1) is 6.22. The van der Waals surface area contributed by atoms with Gasteiger partial charge in [0.05, 0.1) is 6.61 Å². The molecule has 1 aromatic rings. The van der Waals surface area contributed by atoms with Crippen LogP contribution in [-0.2, 0) is 0 Å². The predicted octanol–water partition coefficient (Wildman–Crippen LogP) is 2.69. The zero-order valence-electron chi connectivity index (χ0n) is 8.29. The van der Waals surface area contributed by atoms with Gasteiger partial charge in [-0.1, -0.05) is 20.3 Å². The Balaban J connectivity index is 2.41. The molecule has 2 nitrogen and oxygen atoms in total. The fraction of sp³-hybridized carbons (Fsp3) is 0.455. The highest BCUT2D eigenvalue weighted by molar-refractivity contribution is 5.41. The summed E-state index contributed by atoms with van der Waals surface area (Å²) in [7, 11) is 0. The average molecular weight is 179 g/mol. The largest absolute Gasteiger partial charge is 0.493 e. The van der Waals surface area contributed by atoms with Crippen LogP contribution in [0.3, 0.4) is 0 Å². The second kappa shape index (κ2) is 4.75. The molecule has 0 unspecified atom stereocenters. The van der Waals surface area contributed by atoms with Crippen molar-refractivity contribution in [3.05, 3.63) is 24.3 Å². The molecule has 0 bridgehead atoms. The molecule has 2 heteroatoms. The molecule has 72 valence electrons. The Morgan fingerprint density at radius 3 is 2.46 bits per heavy atom. The van der Waals surface area contributed by atoms with Crippen molar-refractivity contribution in [3.63, 3.8) is 0 Å². The Bertz CT molecular complexity index is 243. The molecule has 0 aromatic heterocycles. The number of anilines is 1. The molecule has 0 spiro atoms. The molecule has 0 saturated heterocycles. The molecule has 0 amide bonds. The van der Waals surface area contributed by atoms with Gasteiger partial charge in [0.2, 0.25) is 0 Å². The van der Waals surface area contributed by atoms with Crippen molar-refractivity contribution in [1.29, 1.82) is 0 Å². The van der Waals surface area contributed by atoms with Gasteiger partial charge in [0.15, 0.2) is 0 Å². The third kappa shape index (κ3) is 3.36. The van der Waals surface area contributed by atoms with Gasteiger partial charge in [0.1, 0.15) is 5.75 Å². The number of hydrogen-bond donors (Lipinski definition) is 1. The molecule has 0 radical (unpaired) electrons. The van der Waals surface area contributed by atoms with Crippen molar-refractivity contribution in [3.8, 4) is 5.75 Å². The summed E-state index contributed by atoms with van der Waals surface area (Å²) < 4.78 is 5.56. The Morgan fingerprint density at radius 1 is 1.31 bits per heavy atom. The number of nitrogen functional groups attached to an aromatic ring is 1. The second-order valence-electron chi connectivity index (χ2n) is 3.39. The Kier molecular flexibility index (Phi) is 3.62. The first-order valence-corrected chi connectivity index (χ1v) is 4.70. The lowest BCUT2D eigenvalue weighted by Crippen LogP contribution is -2.07. The standard InChI is InChI=1S/C11H17NO/c1-3-9(2)8-13-11-6-4-10(12)5-7-11/h4-7,9H,3,8,12H2,1-2H3/t9-/m0/s1. The Morgan fingerprint density at radius 2 is 1.92 bits per heavy atom. The lowest BCUT2D eigenvalue weighted by Gasteiger charge is -2.10. The molecular weight excluding hydrogens is 162 g/mol. The van der Waals surface area contributed by atoms with Crippen molar-refractivity contribution >= 4 is 5.69 Å². The number of rotatable bonds is 4. The molecule has 0 aliphatic carbocycles. The molecule has 2 N–H and O–H groups in total. The summed E-state index contributed by atoms with van der Waals surface area (Å²) in [6, 6.07) is 7.51. The minimum Gasteiger partial charge on any atom is -0.493 e. The van der Waals surface area contributed by atoms with E-state index in [9.17, 15) is 0 Å². The summed E-state index contributed by atoms with van der Waals surface area (Å²) in [5.41, 5.74) is 6.33. The summed E-state index contributed by atoms with van der Waals surface area (Å²) in [5, 5.41) is 0. The van der Waals surface area contributed by atoms with E-state index >= 15 is 0 Å². The van der Waals surface area contributed by atoms with E-state index in [0.717, 1.165) is 24.5 Å². The van der Waals surface area contributed by atoms with Gasteiger partial charge in [-0.3, -0.25) is 0 Å². The van der Waals surface area contributed by atoms with Gasteiger partial charge >= 0.3 is 0 Å². The van der Waals surface area contributed by atoms with Crippen molar-refractivity contribution < 1.29 is 4.74 Å². The molecule has 13 heavy (non-hydrogen) atoms. The SMILES string of the molecule is CC[C@H](C)COc1ccc(N)cc1. The monoisotopic (exact) mass is 179 g/mol. The van der Waals surface area contributed by atoms with Crippen molar-refractivity contribution in [2.45, 2.75) is 20.3 Å². The molecule has 0 heterocycles. The van der Waals surface area contributed by atoms with Crippen LogP contribution < -0.4 is 10.5 Å². The average Bonchev–Trinajstić information content (AvgIpc) is 2.16. The van der Waals surface area contributed by atoms with E-state index in [1.54, 1.807) is 0 Å². The van der Waals surface area contributed by atoms with E-state index in [1.165, 1.54) is 0 Å². The van der Waals surface area contributed by atoms with E-state index in [2.05, 4.69) is 13.8 Å². The maximum atomic E-state index is 5.56. The van der Waals surface area contributed by atoms with Gasteiger partial charge in [0, 0.05) is 5.69 Å². The highest BCUT2D eigenvalue weighted by Crippen LogP contribution is 2.14. The van der Waals surface area contributed by atoms with Crippen LogP contribution in [0.5, 0.6) is 5.75 Å². The quantitative estimate of drug-likeness (QED) is 0.721. The topological polar surface area (TPSA) is 35.2 Å². The third-order valence-corrected chi connectivity index (χ3v) is 2.11. The Hall–Kier alpha value is -1.18. The number of ether oxygens (including phenoxy) is 1. The predicted molar refractivity (Wildman–Crippen MR) is 55.8 cm³/mol. The summed E-state index contributed by atoms with van der Waals surface area (Å²) >= 11 is 0. The number of benzene rings is 1. The molecule has 1 aromatic carbocycles. The number of hydrogen-bond acceptors (Lipinski definition) is 2. The zero-order valence-corrected chi connectivity index (χ0v) is 8.29. The van der Waals surface area contributed by atoms with E-state index in [4.69, 9.17) is 10.5 Å². The minimum atomic E-state index is 0.609. The van der Waals surface area contributed by atoms with Crippen molar-refractivity contribution in [1.82, 2.24) is 0 Å². The highest BCUT2D eigenvalue weighted by atomic mass is 16.5. The van der Waals surface area contributed by atoms with Crippen LogP contribution in [-0.4, -0.2) is 6.61 Å². The van der Waals surface area contributed by atoms with Crippen LogP contribution in [0.15, 0.2) is 24.3 Å². The van der Waals surface area contributed by atoms with Crippen LogP contribution in [0.25, 0.3) is 0 Å². The Labute approximate surface area is 79.7 Å². The number of nitrogens with two attached hydrogens (primary N) is 1. The first kappa shape index (κ1) is 9.90. The van der Waals surface area contributed by atoms with Crippen LogP contribution in [0, 0.1) is 5.92 Å². The molecule has 0 aliphatic rings. The smallest absolute Gasteiger partial charge is 0.119 e. The highest BCUT2D eigenvalue weighted by Gasteiger charge is 1.99. The minimum absolute atomic E-state index is 0.609. The van der Waals surface area contributed by atoms with Gasteiger partial charge in [-0.15, -0.1) is 0 Å². The fourth-order valence-corrected chi connectivity index (χ4v) is 0.920. The summed E-state index contributed by atoms with van der Waals surface area (Å²) in [5.74, 6) is 1.51. The van der Waals surface area contributed by atoms with Gasteiger partial charge in [0.25, 0.3) is 0 Å². The van der Waals surface area contributed by atoms with Crippen molar-refractivity contribution in [2.24, 2.45) is 5.92 Å². The molecule has 0 saturated carbocycles. The fourth-order valence-electron chi connectivity index (χ4n) is 0.920. The molecule has 0 aliphatic heterocycles. The van der Waals surface area contributed by atoms with E-state index < -0.39 is 0 Å². The molecule has 0 fully saturated rings. The summed E-state index contributed by atoms with van der Waals surface area (Å²) in [4.78, 5) is 0. The molecule has 1 rings (SSSR count). The van der Waals surface area contributed by atoms with Gasteiger partial charge in [-0.05, 0) is 30.2 Å². The van der Waals surface area contributed by atoms with E-state index in [0.29, 0.717) is 5.92 Å². The molecule has 1 atom stereocenters. The van der Waals surface area contributed by atoms with Crippen LogP contribution >= 0.6 is 0 Å². The van der Waals surface area contributed by atoms with Crippen LogP contribution in [0.2, 0.25) is 0 Å². The van der Waals surface area contributed by atoms with Crippen LogP contribution in [0.1, 0.15) is 20.3 Å². The van der Waals surface area contributed by atoms with Gasteiger partial charge in [-0.25, -0.2) is 0 Å². The van der Waals surface area contributed by atoms with Crippen molar-refractivity contribution in [2.75, 3.05) is 12.3 Å². The summed E-state index contributed by atoms with van der Waals surface area (Å²) in [6.07, 6.45) is 1.15. The summed E-state index contributed by atoms with van der Waals surface area (Å²) in [6.45, 7) is 5.12. The van der Waals surface area contributed by atoms with Crippen LogP contribution in [0.4, 0.5) is 5.69 Å². The third-order valence-electron chi connectivity index (χ3n) is 2.11. The molecular formula is C11H17NO. The maximum absolute atomic E-state index is 5.56. The second-order valence-corrected chi connectivity index (χ2v) is 3.39. The lowest BCUT2D eigenvalue weighted by atomic mass is 10.1. The lowest BCUT2D eigenvalue weighted by molar-refractivity contribution is 0.256. The van der Waals surface area contributed by atoms with Gasteiger partial charge in [-0.2, -0.15) is 0 Å². The normalized spacial score (nSPS) is 12.5. The van der Waals surface area contributed by atoms with Gasteiger partial charge < -0.3 is 10.5 Å². The van der Waals surface area contributed by atoms with E-state index in [1.807, 2.05) is 24.3 Å². The maximum Gasteiger partial charge on any atom is 0.119 e.